The van der Waals surface area contributed by atoms with Crippen LogP contribution in [0.15, 0.2) is 45.6 Å². The van der Waals surface area contributed by atoms with Crippen LogP contribution in [0.3, 0.4) is 0 Å². The number of aromatic nitrogens is 2. The third-order valence-electron chi connectivity index (χ3n) is 4.64. The minimum absolute atomic E-state index is 0.0971. The highest BCUT2D eigenvalue weighted by Gasteiger charge is 2.36. The van der Waals surface area contributed by atoms with Crippen LogP contribution in [0.2, 0.25) is 0 Å². The standard InChI is InChI=1S/C20H16N2O2S2/c1-11-8-13(11)15-7-6-12(24-15)9-17-20(23)22-19(26-17)10-18-21-14-4-2-3-5-16(14)25-18/h2-7,9-11,13H,8H2,1H3,(H,22,23)/b17-9-,19-10+/t11-,13-/m0/s1. The molecule has 6 heteroatoms. The molecule has 3 aromatic heterocycles. The second kappa shape index (κ2) is 6.07. The summed E-state index contributed by atoms with van der Waals surface area (Å²) in [6.45, 7) is 2.23. The molecule has 130 valence electrons. The van der Waals surface area contributed by atoms with Crippen molar-refractivity contribution in [2.75, 3.05) is 0 Å². The Morgan fingerprint density at radius 3 is 2.85 bits per heavy atom. The molecular formula is C20H16N2O2S2. The molecule has 1 aromatic carbocycles. The van der Waals surface area contributed by atoms with E-state index in [1.165, 1.54) is 17.8 Å². The van der Waals surface area contributed by atoms with Crippen molar-refractivity contribution in [3.05, 3.63) is 72.5 Å². The molecule has 0 spiro atoms. The molecule has 1 aliphatic rings. The van der Waals surface area contributed by atoms with Crippen molar-refractivity contribution >= 4 is 45.0 Å². The third kappa shape index (κ3) is 2.95. The topological polar surface area (TPSA) is 58.9 Å². The van der Waals surface area contributed by atoms with E-state index in [-0.39, 0.29) is 5.56 Å². The van der Waals surface area contributed by atoms with Crippen LogP contribution in [0.25, 0.3) is 22.4 Å². The van der Waals surface area contributed by atoms with E-state index in [0.29, 0.717) is 16.4 Å². The monoisotopic (exact) mass is 380 g/mol. The summed E-state index contributed by atoms with van der Waals surface area (Å²) in [5.41, 5.74) is 0.881. The molecule has 0 radical (unpaired) electrons. The number of H-pyrrole nitrogens is 1. The molecule has 2 atom stereocenters. The lowest BCUT2D eigenvalue weighted by molar-refractivity contribution is 0.497. The quantitative estimate of drug-likeness (QED) is 0.592. The molecule has 0 aliphatic heterocycles. The van der Waals surface area contributed by atoms with Crippen molar-refractivity contribution < 1.29 is 4.42 Å². The SMILES string of the molecule is C[C@H]1C[C@@H]1c1ccc(/C=c2\s/c(=C/c3nc4ccccc4s3)[nH]c2=O)o1. The van der Waals surface area contributed by atoms with Crippen LogP contribution in [0.1, 0.15) is 35.8 Å². The van der Waals surface area contributed by atoms with Gasteiger partial charge in [0.2, 0.25) is 0 Å². The first-order chi connectivity index (χ1) is 12.7. The second-order valence-electron chi connectivity index (χ2n) is 6.65. The van der Waals surface area contributed by atoms with Crippen molar-refractivity contribution in [2.45, 2.75) is 19.3 Å². The summed E-state index contributed by atoms with van der Waals surface area (Å²) in [4.78, 5) is 19.8. The number of benzene rings is 1. The number of nitrogens with one attached hydrogen (secondary N) is 1. The summed E-state index contributed by atoms with van der Waals surface area (Å²) in [5, 5.41) is 0.887. The predicted molar refractivity (Wildman–Crippen MR) is 106 cm³/mol. The molecule has 0 unspecified atom stereocenters. The summed E-state index contributed by atoms with van der Waals surface area (Å²) in [6.07, 6.45) is 4.93. The lowest BCUT2D eigenvalue weighted by atomic mass is 10.3. The van der Waals surface area contributed by atoms with Crippen LogP contribution in [0.5, 0.6) is 0 Å². The highest BCUT2D eigenvalue weighted by atomic mass is 32.1. The Hall–Kier alpha value is -2.44. The molecule has 26 heavy (non-hydrogen) atoms. The first kappa shape index (κ1) is 15.8. The fourth-order valence-corrected chi connectivity index (χ4v) is 4.94. The number of rotatable bonds is 3. The number of hydrogen-bond acceptors (Lipinski definition) is 5. The first-order valence-corrected chi connectivity index (χ1v) is 10.2. The van der Waals surface area contributed by atoms with E-state index in [1.54, 1.807) is 11.3 Å². The van der Waals surface area contributed by atoms with Crippen LogP contribution in [-0.2, 0) is 0 Å². The number of thiazole rings is 2. The number of hydrogen-bond donors (Lipinski definition) is 1. The van der Waals surface area contributed by atoms with Crippen LogP contribution < -0.4 is 14.8 Å². The van der Waals surface area contributed by atoms with Gasteiger partial charge in [0.15, 0.2) is 0 Å². The summed E-state index contributed by atoms with van der Waals surface area (Å²) < 4.78 is 8.46. The summed E-state index contributed by atoms with van der Waals surface area (Å²) in [7, 11) is 0. The van der Waals surface area contributed by atoms with E-state index < -0.39 is 0 Å². The van der Waals surface area contributed by atoms with Gasteiger partial charge in [-0.1, -0.05) is 19.1 Å². The van der Waals surface area contributed by atoms with Gasteiger partial charge in [0.05, 0.1) is 19.4 Å². The lowest BCUT2D eigenvalue weighted by Crippen LogP contribution is -2.19. The number of furan rings is 1. The van der Waals surface area contributed by atoms with Gasteiger partial charge >= 0.3 is 0 Å². The fourth-order valence-electron chi connectivity index (χ4n) is 3.08. The highest BCUT2D eigenvalue weighted by Crippen LogP contribution is 2.47. The van der Waals surface area contributed by atoms with Gasteiger partial charge in [0.25, 0.3) is 5.56 Å². The number of aromatic amines is 1. The normalized spacial score (nSPS) is 21.0. The maximum absolute atomic E-state index is 12.3. The molecule has 1 fully saturated rings. The average Bonchev–Trinajstić information content (AvgIpc) is 2.99. The third-order valence-corrected chi connectivity index (χ3v) is 6.59. The van der Waals surface area contributed by atoms with Gasteiger partial charge in [-0.05, 0) is 36.6 Å². The van der Waals surface area contributed by atoms with Gasteiger partial charge in [-0.2, -0.15) is 0 Å². The average molecular weight is 380 g/mol. The van der Waals surface area contributed by atoms with Gasteiger partial charge in [0.1, 0.15) is 16.5 Å². The molecule has 4 aromatic rings. The van der Waals surface area contributed by atoms with E-state index in [0.717, 1.165) is 31.4 Å². The summed E-state index contributed by atoms with van der Waals surface area (Å²) in [5.74, 6) is 3.01. The van der Waals surface area contributed by atoms with E-state index >= 15 is 0 Å². The summed E-state index contributed by atoms with van der Waals surface area (Å²) in [6, 6.07) is 12.0. The van der Waals surface area contributed by atoms with E-state index in [9.17, 15) is 4.79 Å². The van der Waals surface area contributed by atoms with Crippen molar-refractivity contribution in [3.8, 4) is 0 Å². The van der Waals surface area contributed by atoms with Crippen LogP contribution in [0.4, 0.5) is 0 Å². The second-order valence-corrected chi connectivity index (χ2v) is 8.80. The molecule has 0 saturated heterocycles. The van der Waals surface area contributed by atoms with Crippen LogP contribution in [0, 0.1) is 5.92 Å². The van der Waals surface area contributed by atoms with Gasteiger partial charge in [0, 0.05) is 18.1 Å². The minimum Gasteiger partial charge on any atom is -0.461 e. The Kier molecular flexibility index (Phi) is 3.69. The van der Waals surface area contributed by atoms with E-state index in [2.05, 4.69) is 23.0 Å². The molecule has 4 nitrogen and oxygen atoms in total. The number of nitrogens with zero attached hydrogens (tertiary/aromatic N) is 1. The molecule has 0 bridgehead atoms. The maximum atomic E-state index is 12.3. The minimum atomic E-state index is -0.0971. The number of fused-ring (bicyclic) bond motifs is 1. The van der Waals surface area contributed by atoms with E-state index in [1.807, 2.05) is 42.5 Å². The predicted octanol–water partition coefficient (Wildman–Crippen LogP) is 3.42. The molecular weight excluding hydrogens is 364 g/mol. The number of para-hydroxylation sites is 1. The zero-order chi connectivity index (χ0) is 17.7. The first-order valence-electron chi connectivity index (χ1n) is 8.53. The van der Waals surface area contributed by atoms with Crippen LogP contribution >= 0.6 is 22.7 Å². The zero-order valence-electron chi connectivity index (χ0n) is 14.1. The van der Waals surface area contributed by atoms with Gasteiger partial charge < -0.3 is 9.40 Å². The summed E-state index contributed by atoms with van der Waals surface area (Å²) >= 11 is 3.03. The molecule has 0 amide bonds. The van der Waals surface area contributed by atoms with Crippen molar-refractivity contribution in [3.63, 3.8) is 0 Å². The van der Waals surface area contributed by atoms with Crippen LogP contribution in [-0.4, -0.2) is 9.97 Å². The Morgan fingerprint density at radius 2 is 2.04 bits per heavy atom. The van der Waals surface area contributed by atoms with Crippen molar-refractivity contribution in [2.24, 2.45) is 5.92 Å². The Morgan fingerprint density at radius 1 is 1.19 bits per heavy atom. The fraction of sp³-hybridized carbons (Fsp3) is 0.200. The smallest absolute Gasteiger partial charge is 0.266 e. The van der Waals surface area contributed by atoms with E-state index in [4.69, 9.17) is 4.42 Å². The molecule has 3 heterocycles. The molecule has 5 rings (SSSR count). The highest BCUT2D eigenvalue weighted by molar-refractivity contribution is 7.19. The van der Waals surface area contributed by atoms with Gasteiger partial charge in [-0.3, -0.25) is 4.79 Å². The largest absolute Gasteiger partial charge is 0.461 e. The molecule has 1 saturated carbocycles. The van der Waals surface area contributed by atoms with Gasteiger partial charge in [-0.25, -0.2) is 4.98 Å². The van der Waals surface area contributed by atoms with Crippen molar-refractivity contribution in [1.29, 1.82) is 0 Å². The van der Waals surface area contributed by atoms with Crippen molar-refractivity contribution in [1.82, 2.24) is 9.97 Å². The Balaban J connectivity index is 1.51. The molecule has 1 aliphatic carbocycles. The van der Waals surface area contributed by atoms with Gasteiger partial charge in [-0.15, -0.1) is 22.7 Å². The lowest BCUT2D eigenvalue weighted by Gasteiger charge is -1.89. The zero-order valence-corrected chi connectivity index (χ0v) is 15.7. The maximum Gasteiger partial charge on any atom is 0.266 e. The molecule has 1 N–H and O–H groups in total. The Labute approximate surface area is 157 Å². The Bertz CT molecular complexity index is 1240.